The molecule has 1 aliphatic rings. The van der Waals surface area contributed by atoms with E-state index in [0.29, 0.717) is 49.6 Å². The van der Waals surface area contributed by atoms with Crippen molar-refractivity contribution in [2.24, 2.45) is 5.92 Å². The van der Waals surface area contributed by atoms with Gasteiger partial charge >= 0.3 is 5.97 Å². The number of aromatic nitrogens is 4. The Labute approximate surface area is 193 Å². The van der Waals surface area contributed by atoms with Gasteiger partial charge in [0.25, 0.3) is 0 Å². The third-order valence-corrected chi connectivity index (χ3v) is 7.33. The summed E-state index contributed by atoms with van der Waals surface area (Å²) in [5, 5.41) is 19.4. The number of aromatic amines is 1. The van der Waals surface area contributed by atoms with Gasteiger partial charge in [0.05, 0.1) is 34.0 Å². The monoisotopic (exact) mass is 489 g/mol. The normalized spacial score (nSPS) is 17.5. The number of hydrogen-bond acceptors (Lipinski definition) is 7. The number of nitrogens with zero attached hydrogens (tertiary/aromatic N) is 3. The maximum Gasteiger partial charge on any atom is 0.313 e. The number of nitrogens with one attached hydrogen (secondary N) is 2. The lowest BCUT2D eigenvalue weighted by molar-refractivity contribution is -0.133. The standard InChI is InChI=1S/C21H17F2N5O3S2/c1-2-8-15(10-6-24-28-17(10)18(16(8)23)32-7-14(29)30)12-3-4-13-20(25-12)33-21(26-13)27-19(31)9-5-11(9)22/h3-4,6,9,11H,2,5,7H2,1H3,(H,24,28)(H,29,30)(H,26,27,31)/t9-,11+/m1/s1. The zero-order valence-corrected chi connectivity index (χ0v) is 18.8. The molecule has 33 heavy (non-hydrogen) atoms. The predicted octanol–water partition coefficient (Wildman–Crippen LogP) is 4.41. The maximum atomic E-state index is 15.5. The summed E-state index contributed by atoms with van der Waals surface area (Å²) in [6, 6.07) is 3.45. The Bertz CT molecular complexity index is 1420. The van der Waals surface area contributed by atoms with Crippen LogP contribution >= 0.6 is 23.1 Å². The van der Waals surface area contributed by atoms with Gasteiger partial charge in [0, 0.05) is 10.9 Å². The Balaban J connectivity index is 1.57. The number of carbonyl (C=O) groups excluding carboxylic acids is 1. The fraction of sp³-hybridized carbons (Fsp3) is 0.286. The van der Waals surface area contributed by atoms with E-state index in [0.717, 1.165) is 23.1 Å². The second-order valence-electron chi connectivity index (χ2n) is 7.58. The van der Waals surface area contributed by atoms with Crippen LogP contribution in [0.3, 0.4) is 0 Å². The number of rotatable bonds is 7. The summed E-state index contributed by atoms with van der Waals surface area (Å²) >= 11 is 2.06. The molecule has 0 saturated heterocycles. The number of anilines is 1. The Morgan fingerprint density at radius 3 is 2.85 bits per heavy atom. The number of aliphatic carboxylic acids is 1. The van der Waals surface area contributed by atoms with Gasteiger partial charge in [-0.15, -0.1) is 11.8 Å². The molecule has 1 saturated carbocycles. The Morgan fingerprint density at radius 1 is 1.36 bits per heavy atom. The number of carboxylic acid groups (broad SMARTS) is 1. The third-order valence-electron chi connectivity index (χ3n) is 5.39. The summed E-state index contributed by atoms with van der Waals surface area (Å²) in [4.78, 5) is 32.8. The molecule has 1 aromatic carbocycles. The molecule has 5 rings (SSSR count). The smallest absolute Gasteiger partial charge is 0.313 e. The van der Waals surface area contributed by atoms with Crippen LogP contribution in [-0.2, 0) is 16.0 Å². The van der Waals surface area contributed by atoms with Crippen LogP contribution in [-0.4, -0.2) is 49.1 Å². The molecule has 3 heterocycles. The summed E-state index contributed by atoms with van der Waals surface area (Å²) < 4.78 is 28.6. The molecule has 1 fully saturated rings. The quantitative estimate of drug-likeness (QED) is 0.329. The number of alkyl halides is 1. The molecule has 0 spiro atoms. The highest BCUT2D eigenvalue weighted by molar-refractivity contribution is 8.00. The van der Waals surface area contributed by atoms with E-state index in [2.05, 4.69) is 25.5 Å². The van der Waals surface area contributed by atoms with Crippen LogP contribution in [0.1, 0.15) is 18.9 Å². The van der Waals surface area contributed by atoms with Crippen molar-refractivity contribution in [1.29, 1.82) is 0 Å². The second-order valence-corrected chi connectivity index (χ2v) is 9.54. The number of thiazole rings is 1. The highest BCUT2D eigenvalue weighted by atomic mass is 32.2. The molecular weight excluding hydrogens is 472 g/mol. The van der Waals surface area contributed by atoms with Gasteiger partial charge in [-0.2, -0.15) is 5.10 Å². The molecule has 0 unspecified atom stereocenters. The molecule has 12 heteroatoms. The lowest BCUT2D eigenvalue weighted by atomic mass is 9.97. The zero-order chi connectivity index (χ0) is 23.3. The van der Waals surface area contributed by atoms with Gasteiger partial charge in [-0.1, -0.05) is 18.3 Å². The van der Waals surface area contributed by atoms with Crippen molar-refractivity contribution in [3.05, 3.63) is 29.7 Å². The molecule has 8 nitrogen and oxygen atoms in total. The number of thioether (sulfide) groups is 1. The minimum absolute atomic E-state index is 0.209. The van der Waals surface area contributed by atoms with Crippen LogP contribution < -0.4 is 5.32 Å². The topological polar surface area (TPSA) is 121 Å². The SMILES string of the molecule is CCc1c(F)c(SCC(=O)O)c2[nH]ncc2c1-c1ccc2nc(NC(=O)[C@@H]3C[C@@H]3F)sc2n1. The van der Waals surface area contributed by atoms with E-state index in [1.807, 2.05) is 6.92 Å². The molecule has 3 aromatic heterocycles. The van der Waals surface area contributed by atoms with Crippen LogP contribution in [0, 0.1) is 11.7 Å². The van der Waals surface area contributed by atoms with Gasteiger partial charge in [0.2, 0.25) is 5.91 Å². The van der Waals surface area contributed by atoms with Crippen molar-refractivity contribution in [3.8, 4) is 11.3 Å². The van der Waals surface area contributed by atoms with Gasteiger partial charge in [0.1, 0.15) is 22.3 Å². The van der Waals surface area contributed by atoms with Gasteiger partial charge in [-0.3, -0.25) is 14.7 Å². The molecule has 0 radical (unpaired) electrons. The van der Waals surface area contributed by atoms with Gasteiger partial charge in [-0.25, -0.2) is 18.7 Å². The number of carbonyl (C=O) groups is 2. The number of hydrogen-bond donors (Lipinski definition) is 3. The average Bonchev–Trinajstić information content (AvgIpc) is 3.16. The van der Waals surface area contributed by atoms with Gasteiger partial charge in [0.15, 0.2) is 5.13 Å². The summed E-state index contributed by atoms with van der Waals surface area (Å²) in [7, 11) is 0. The largest absolute Gasteiger partial charge is 0.481 e. The molecule has 1 amide bonds. The van der Waals surface area contributed by atoms with Gasteiger partial charge < -0.3 is 10.4 Å². The fourth-order valence-corrected chi connectivity index (χ4v) is 5.36. The number of fused-ring (bicyclic) bond motifs is 2. The van der Waals surface area contributed by atoms with E-state index in [4.69, 9.17) is 5.11 Å². The lowest BCUT2D eigenvalue weighted by Gasteiger charge is -2.14. The van der Waals surface area contributed by atoms with Crippen LogP contribution in [0.15, 0.2) is 23.2 Å². The molecular formula is C21H17F2N5O3S2. The summed E-state index contributed by atoms with van der Waals surface area (Å²) in [5.41, 5.74) is 2.45. The number of carboxylic acids is 1. The number of halogens is 2. The van der Waals surface area contributed by atoms with Crippen molar-refractivity contribution in [1.82, 2.24) is 20.2 Å². The molecule has 0 bridgehead atoms. The van der Waals surface area contributed by atoms with E-state index in [-0.39, 0.29) is 17.1 Å². The summed E-state index contributed by atoms with van der Waals surface area (Å²) in [6.07, 6.45) is 1.06. The van der Waals surface area contributed by atoms with Crippen LogP contribution in [0.2, 0.25) is 0 Å². The molecule has 3 N–H and O–H groups in total. The molecule has 170 valence electrons. The summed E-state index contributed by atoms with van der Waals surface area (Å²) in [5.74, 6) is -2.84. The van der Waals surface area contributed by atoms with Crippen molar-refractivity contribution in [2.75, 3.05) is 11.1 Å². The molecule has 1 aliphatic carbocycles. The first-order valence-electron chi connectivity index (χ1n) is 10.1. The number of amides is 1. The van der Waals surface area contributed by atoms with E-state index in [1.165, 1.54) is 0 Å². The number of pyridine rings is 1. The molecule has 0 aliphatic heterocycles. The van der Waals surface area contributed by atoms with E-state index >= 15 is 4.39 Å². The third kappa shape index (κ3) is 3.93. The lowest BCUT2D eigenvalue weighted by Crippen LogP contribution is -2.14. The van der Waals surface area contributed by atoms with E-state index in [9.17, 15) is 14.0 Å². The highest BCUT2D eigenvalue weighted by Gasteiger charge is 2.43. The van der Waals surface area contributed by atoms with Crippen molar-refractivity contribution in [3.63, 3.8) is 0 Å². The van der Waals surface area contributed by atoms with Crippen molar-refractivity contribution < 1.29 is 23.5 Å². The number of H-pyrrole nitrogens is 1. The Hall–Kier alpha value is -3.12. The second kappa shape index (κ2) is 8.34. The predicted molar refractivity (Wildman–Crippen MR) is 122 cm³/mol. The van der Waals surface area contributed by atoms with Gasteiger partial charge in [-0.05, 0) is 30.5 Å². The van der Waals surface area contributed by atoms with Crippen molar-refractivity contribution >= 4 is 61.4 Å². The average molecular weight is 490 g/mol. The zero-order valence-electron chi connectivity index (χ0n) is 17.2. The Morgan fingerprint density at radius 2 is 2.15 bits per heavy atom. The minimum Gasteiger partial charge on any atom is -0.481 e. The van der Waals surface area contributed by atoms with Crippen LogP contribution in [0.5, 0.6) is 0 Å². The highest BCUT2D eigenvalue weighted by Crippen LogP contribution is 2.41. The first kappa shape index (κ1) is 21.7. The van der Waals surface area contributed by atoms with Crippen molar-refractivity contribution in [2.45, 2.75) is 30.8 Å². The van der Waals surface area contributed by atoms with Crippen LogP contribution in [0.4, 0.5) is 13.9 Å². The molecule has 2 atom stereocenters. The first-order chi connectivity index (χ1) is 15.9. The summed E-state index contributed by atoms with van der Waals surface area (Å²) in [6.45, 7) is 1.81. The number of benzene rings is 1. The minimum atomic E-state index is -1.10. The fourth-order valence-electron chi connectivity index (χ4n) is 3.71. The maximum absolute atomic E-state index is 15.5. The van der Waals surface area contributed by atoms with Crippen LogP contribution in [0.25, 0.3) is 32.5 Å². The first-order valence-corrected chi connectivity index (χ1v) is 11.9. The van der Waals surface area contributed by atoms with E-state index < -0.39 is 29.8 Å². The molecule has 4 aromatic rings. The van der Waals surface area contributed by atoms with E-state index in [1.54, 1.807) is 18.3 Å². The Kier molecular flexibility index (Phi) is 5.49.